The number of hydrogen-bond acceptors (Lipinski definition) is 1. The maximum Gasteiger partial charge on any atom is 0.0432 e. The minimum atomic E-state index is 0.750. The molecule has 0 aromatic heterocycles. The Morgan fingerprint density at radius 1 is 0.548 bits per heavy atom. The van der Waals surface area contributed by atoms with Gasteiger partial charge in [0.1, 0.15) is 0 Å². The zero-order chi connectivity index (χ0) is 22.2. The van der Waals surface area contributed by atoms with E-state index in [1.165, 1.54) is 93.7 Å². The monoisotopic (exact) mass is 419 g/mol. The van der Waals surface area contributed by atoms with Crippen LogP contribution in [0.4, 0.5) is 0 Å². The van der Waals surface area contributed by atoms with Gasteiger partial charge in [0.05, 0.1) is 0 Å². The molecule has 31 heavy (non-hydrogen) atoms. The lowest BCUT2D eigenvalue weighted by atomic mass is 9.92. The molecular formula is C30H45N. The number of aryl methyl sites for hydroxylation is 2. The van der Waals surface area contributed by atoms with Crippen LogP contribution in [0.25, 0.3) is 0 Å². The van der Waals surface area contributed by atoms with Crippen molar-refractivity contribution in [2.24, 2.45) is 0 Å². The first kappa shape index (κ1) is 25.4. The van der Waals surface area contributed by atoms with E-state index >= 15 is 0 Å². The lowest BCUT2D eigenvalue weighted by Crippen LogP contribution is -2.09. The molecule has 0 fully saturated rings. The summed E-state index contributed by atoms with van der Waals surface area (Å²) >= 11 is 0. The average Bonchev–Trinajstić information content (AvgIpc) is 2.79. The Bertz CT molecular complexity index is 746. The second kappa shape index (κ2) is 15.8. The summed E-state index contributed by atoms with van der Waals surface area (Å²) < 4.78 is 0. The maximum atomic E-state index is 8.87. The number of benzene rings is 2. The van der Waals surface area contributed by atoms with Crippen molar-refractivity contribution in [3.8, 4) is 0 Å². The van der Waals surface area contributed by atoms with Gasteiger partial charge in [-0.05, 0) is 47.9 Å². The highest BCUT2D eigenvalue weighted by Gasteiger charge is 2.11. The van der Waals surface area contributed by atoms with Gasteiger partial charge in [-0.3, -0.25) is 0 Å². The molecule has 0 atom stereocenters. The number of nitrogens with one attached hydrogen (secondary N) is 1. The van der Waals surface area contributed by atoms with Crippen molar-refractivity contribution >= 4 is 5.71 Å². The van der Waals surface area contributed by atoms with Gasteiger partial charge in [0.2, 0.25) is 0 Å². The fourth-order valence-electron chi connectivity index (χ4n) is 4.48. The third-order valence-electron chi connectivity index (χ3n) is 6.43. The van der Waals surface area contributed by atoms with Crippen molar-refractivity contribution < 1.29 is 0 Å². The Hall–Kier alpha value is -1.89. The second-order valence-electron chi connectivity index (χ2n) is 9.12. The van der Waals surface area contributed by atoms with Crippen LogP contribution in [0, 0.1) is 5.41 Å². The van der Waals surface area contributed by atoms with Crippen molar-refractivity contribution in [1.29, 1.82) is 5.41 Å². The smallest absolute Gasteiger partial charge is 0.0432 e. The molecule has 0 spiro atoms. The van der Waals surface area contributed by atoms with Gasteiger partial charge in [0.25, 0.3) is 0 Å². The van der Waals surface area contributed by atoms with E-state index in [-0.39, 0.29) is 0 Å². The number of rotatable bonds is 17. The van der Waals surface area contributed by atoms with E-state index in [1.54, 1.807) is 0 Å². The Labute approximate surface area is 192 Å². The predicted octanol–water partition coefficient (Wildman–Crippen LogP) is 9.10. The van der Waals surface area contributed by atoms with E-state index in [0.717, 1.165) is 30.5 Å². The molecular weight excluding hydrogens is 374 g/mol. The van der Waals surface area contributed by atoms with E-state index in [0.29, 0.717) is 0 Å². The van der Waals surface area contributed by atoms with Crippen molar-refractivity contribution in [1.82, 2.24) is 0 Å². The summed E-state index contributed by atoms with van der Waals surface area (Å²) in [5.74, 6) is 0. The van der Waals surface area contributed by atoms with Gasteiger partial charge in [-0.15, -0.1) is 0 Å². The normalized spacial score (nSPS) is 11.0. The van der Waals surface area contributed by atoms with Crippen LogP contribution in [0.3, 0.4) is 0 Å². The molecule has 1 heteroatoms. The molecule has 0 radical (unpaired) electrons. The topological polar surface area (TPSA) is 23.9 Å². The highest BCUT2D eigenvalue weighted by Crippen LogP contribution is 2.20. The first-order valence-electron chi connectivity index (χ1n) is 13.0. The SMILES string of the molecule is CCCCCCCCc1ccccc1CC(=N)c1ccccc1CCCCCCCC. The van der Waals surface area contributed by atoms with E-state index in [9.17, 15) is 0 Å². The van der Waals surface area contributed by atoms with Crippen molar-refractivity contribution in [2.75, 3.05) is 0 Å². The van der Waals surface area contributed by atoms with Crippen molar-refractivity contribution in [2.45, 2.75) is 110 Å². The summed E-state index contributed by atoms with van der Waals surface area (Å²) in [6, 6.07) is 17.4. The van der Waals surface area contributed by atoms with Crippen LogP contribution < -0.4 is 0 Å². The van der Waals surface area contributed by atoms with Crippen LogP contribution >= 0.6 is 0 Å². The molecule has 0 aliphatic heterocycles. The first-order chi connectivity index (χ1) is 15.3. The third kappa shape index (κ3) is 9.85. The lowest BCUT2D eigenvalue weighted by molar-refractivity contribution is 0.607. The number of hydrogen-bond donors (Lipinski definition) is 1. The van der Waals surface area contributed by atoms with Crippen molar-refractivity contribution in [3.63, 3.8) is 0 Å². The molecule has 0 saturated heterocycles. The van der Waals surface area contributed by atoms with Gasteiger partial charge < -0.3 is 5.41 Å². The lowest BCUT2D eigenvalue weighted by Gasteiger charge is -2.14. The second-order valence-corrected chi connectivity index (χ2v) is 9.12. The molecule has 0 aliphatic carbocycles. The fourth-order valence-corrected chi connectivity index (χ4v) is 4.48. The van der Waals surface area contributed by atoms with Gasteiger partial charge >= 0.3 is 0 Å². The zero-order valence-electron chi connectivity index (χ0n) is 20.2. The standard InChI is InChI=1S/C30H45N/c1-3-5-7-9-11-13-19-26-20-15-16-23-28(26)25-30(31)29-24-18-17-22-27(29)21-14-12-10-8-6-4-2/h15-18,20,22-24,31H,3-14,19,21,25H2,1-2H3. The Kier molecular flexibility index (Phi) is 13.0. The minimum Gasteiger partial charge on any atom is -0.304 e. The van der Waals surface area contributed by atoms with Crippen LogP contribution in [0.15, 0.2) is 48.5 Å². The van der Waals surface area contributed by atoms with Crippen LogP contribution in [0.2, 0.25) is 0 Å². The van der Waals surface area contributed by atoms with E-state index in [2.05, 4.69) is 62.4 Å². The number of unbranched alkanes of at least 4 members (excludes halogenated alkanes) is 10. The zero-order valence-corrected chi connectivity index (χ0v) is 20.2. The Morgan fingerprint density at radius 3 is 1.61 bits per heavy atom. The fraction of sp³-hybridized carbons (Fsp3) is 0.567. The molecule has 0 aliphatic rings. The van der Waals surface area contributed by atoms with Crippen molar-refractivity contribution in [3.05, 3.63) is 70.8 Å². The highest BCUT2D eigenvalue weighted by molar-refractivity contribution is 6.01. The molecule has 0 amide bonds. The molecule has 1 nitrogen and oxygen atoms in total. The van der Waals surface area contributed by atoms with Crippen LogP contribution in [0.5, 0.6) is 0 Å². The molecule has 0 saturated carbocycles. The summed E-state index contributed by atoms with van der Waals surface area (Å²) in [5.41, 5.74) is 6.07. The van der Waals surface area contributed by atoms with E-state index in [4.69, 9.17) is 5.41 Å². The summed E-state index contributed by atoms with van der Waals surface area (Å²) in [7, 11) is 0. The van der Waals surface area contributed by atoms with Gasteiger partial charge in [-0.2, -0.15) is 0 Å². The minimum absolute atomic E-state index is 0.750. The Balaban J connectivity index is 1.90. The van der Waals surface area contributed by atoms with Gasteiger partial charge in [0.15, 0.2) is 0 Å². The highest BCUT2D eigenvalue weighted by atomic mass is 14.4. The van der Waals surface area contributed by atoms with E-state index in [1.807, 2.05) is 0 Å². The predicted molar refractivity (Wildman–Crippen MR) is 138 cm³/mol. The summed E-state index contributed by atoms with van der Waals surface area (Å²) in [5, 5.41) is 8.87. The van der Waals surface area contributed by atoms with E-state index < -0.39 is 0 Å². The third-order valence-corrected chi connectivity index (χ3v) is 6.43. The van der Waals surface area contributed by atoms with Gasteiger partial charge in [-0.1, -0.05) is 127 Å². The maximum absolute atomic E-state index is 8.87. The molecule has 2 rings (SSSR count). The van der Waals surface area contributed by atoms with Gasteiger partial charge in [-0.25, -0.2) is 0 Å². The molecule has 2 aromatic carbocycles. The summed E-state index contributed by atoms with van der Waals surface area (Å²) in [4.78, 5) is 0. The summed E-state index contributed by atoms with van der Waals surface area (Å²) in [6.07, 6.45) is 18.9. The molecule has 0 unspecified atom stereocenters. The van der Waals surface area contributed by atoms with Crippen LogP contribution in [0.1, 0.15) is 113 Å². The summed E-state index contributed by atoms with van der Waals surface area (Å²) in [6.45, 7) is 4.55. The van der Waals surface area contributed by atoms with Crippen LogP contribution in [-0.4, -0.2) is 5.71 Å². The van der Waals surface area contributed by atoms with Gasteiger partial charge in [0, 0.05) is 12.1 Å². The molecule has 0 bridgehead atoms. The Morgan fingerprint density at radius 2 is 1.00 bits per heavy atom. The molecule has 2 aromatic rings. The molecule has 170 valence electrons. The molecule has 1 N–H and O–H groups in total. The first-order valence-corrected chi connectivity index (χ1v) is 13.0. The largest absolute Gasteiger partial charge is 0.304 e. The quantitative estimate of drug-likeness (QED) is 0.195. The average molecular weight is 420 g/mol. The van der Waals surface area contributed by atoms with Crippen LogP contribution in [-0.2, 0) is 19.3 Å². The molecule has 0 heterocycles.